The molecule has 2 unspecified atom stereocenters. The van der Waals surface area contributed by atoms with E-state index in [9.17, 15) is 14.9 Å². The number of likely N-dealkylation sites (tertiary alicyclic amines) is 1. The average molecular weight is 605 g/mol. The van der Waals surface area contributed by atoms with Gasteiger partial charge in [-0.25, -0.2) is 14.6 Å². The summed E-state index contributed by atoms with van der Waals surface area (Å²) in [4.78, 5) is 29.5. The Labute approximate surface area is 253 Å². The number of nitrogens with one attached hydrogen (secondary N) is 1. The van der Waals surface area contributed by atoms with Gasteiger partial charge in [-0.05, 0) is 68.3 Å². The lowest BCUT2D eigenvalue weighted by Gasteiger charge is -2.30. The van der Waals surface area contributed by atoms with Crippen LogP contribution in [0.1, 0.15) is 24.8 Å². The van der Waals surface area contributed by atoms with Gasteiger partial charge < -0.3 is 24.8 Å². The topological polar surface area (TPSA) is 154 Å². The van der Waals surface area contributed by atoms with Crippen LogP contribution in [0.3, 0.4) is 0 Å². The van der Waals surface area contributed by atoms with E-state index in [0.717, 1.165) is 38.3 Å². The number of methoxy groups -OCH3 is 1. The minimum atomic E-state index is -1.51. The van der Waals surface area contributed by atoms with Crippen LogP contribution in [-0.4, -0.2) is 66.4 Å². The fourth-order valence-corrected chi connectivity index (χ4v) is 5.49. The number of allylic oxidation sites excluding steroid dienone is 2. The number of carbonyl (C=O) groups is 1. The summed E-state index contributed by atoms with van der Waals surface area (Å²) in [5.74, 6) is 0.484. The van der Waals surface area contributed by atoms with Crippen molar-refractivity contribution in [2.75, 3.05) is 33.4 Å². The lowest BCUT2D eigenvalue weighted by molar-refractivity contribution is -0.515. The summed E-state index contributed by atoms with van der Waals surface area (Å²) in [5, 5.41) is 16.3. The number of pyridine rings is 1. The second-order valence-corrected chi connectivity index (χ2v) is 10.5. The Morgan fingerprint density at radius 1 is 1.20 bits per heavy atom. The number of nitrogens with two attached hydrogens (primary N) is 1. The molecule has 0 saturated carbocycles. The third kappa shape index (κ3) is 6.62. The molecule has 1 aliphatic heterocycles. The number of fused-ring (bicyclic) bond motifs is 1. The van der Waals surface area contributed by atoms with Crippen molar-refractivity contribution >= 4 is 23.1 Å². The van der Waals surface area contributed by atoms with Crippen molar-refractivity contribution < 1.29 is 28.3 Å². The first-order valence-electron chi connectivity index (χ1n) is 14.2. The summed E-state index contributed by atoms with van der Waals surface area (Å²) in [6.45, 7) is 3.77. The average Bonchev–Trinajstić information content (AvgIpc) is 3.53. The lowest BCUT2D eigenvalue weighted by Crippen LogP contribution is -2.45. The van der Waals surface area contributed by atoms with Crippen molar-refractivity contribution in [1.29, 1.82) is 0 Å². The van der Waals surface area contributed by atoms with Gasteiger partial charge in [0.05, 0.1) is 19.2 Å². The number of ether oxygens (including phenoxy) is 3. The van der Waals surface area contributed by atoms with E-state index in [-0.39, 0.29) is 11.3 Å². The fraction of sp³-hybridized carbons (Fsp3) is 0.323. The number of carbonyl (C=O) groups excluding carboxylic acids is 1. The molecule has 0 bridgehead atoms. The quantitative estimate of drug-likeness (QED) is 0.130. The summed E-state index contributed by atoms with van der Waals surface area (Å²) in [6, 6.07) is 6.86. The Balaban J connectivity index is 1.39. The number of aromatic nitrogens is 1. The Morgan fingerprint density at radius 3 is 2.75 bits per heavy atom. The van der Waals surface area contributed by atoms with Crippen LogP contribution < -0.4 is 25.4 Å². The highest BCUT2D eigenvalue weighted by molar-refractivity contribution is 5.88. The smallest absolute Gasteiger partial charge is 0.332 e. The minimum absolute atomic E-state index is 0.113. The molecule has 44 heavy (non-hydrogen) atoms. The molecule has 2 heterocycles. The van der Waals surface area contributed by atoms with E-state index in [1.807, 2.05) is 5.43 Å². The Kier molecular flexibility index (Phi) is 9.34. The summed E-state index contributed by atoms with van der Waals surface area (Å²) >= 11 is 0. The zero-order valence-electron chi connectivity index (χ0n) is 24.1. The molecule has 3 N–H and O–H groups in total. The van der Waals surface area contributed by atoms with Gasteiger partial charge in [-0.2, -0.15) is 5.10 Å². The monoisotopic (exact) mass is 604 g/mol. The highest BCUT2D eigenvalue weighted by atomic mass is 19.1. The van der Waals surface area contributed by atoms with Gasteiger partial charge in [0, 0.05) is 35.3 Å². The maximum atomic E-state index is 15.6. The standard InChI is InChI=1S/C31H33FN6O6/c1-42-27-18-22-24(19-28(27)43-16-6-15-37-13-4-5-14-37)34-12-10-25(22)44-26-9-8-21(17-23(26)32)31(20-35-36-30(33)39)11-3-2-7-29(31)38(40)41/h2-3,7-12,17-20,29H,4-6,13-16H2,1H3,(H3,33,36,39). The van der Waals surface area contributed by atoms with Crippen LogP contribution >= 0.6 is 0 Å². The molecule has 2 aromatic carbocycles. The third-order valence-electron chi connectivity index (χ3n) is 7.66. The number of rotatable bonds is 12. The molecule has 5 rings (SSSR count). The summed E-state index contributed by atoms with van der Waals surface area (Å²) in [5.41, 5.74) is 6.41. The van der Waals surface area contributed by atoms with Crippen molar-refractivity contribution in [3.8, 4) is 23.0 Å². The third-order valence-corrected chi connectivity index (χ3v) is 7.66. The van der Waals surface area contributed by atoms with Crippen LogP contribution in [0.25, 0.3) is 10.9 Å². The van der Waals surface area contributed by atoms with Gasteiger partial charge in [0.15, 0.2) is 23.1 Å². The molecule has 12 nitrogen and oxygen atoms in total. The van der Waals surface area contributed by atoms with Crippen LogP contribution in [-0.2, 0) is 5.41 Å². The van der Waals surface area contributed by atoms with Gasteiger partial charge in [-0.3, -0.25) is 15.1 Å². The normalized spacial score (nSPS) is 19.8. The largest absolute Gasteiger partial charge is 0.493 e. The molecule has 0 spiro atoms. The first-order chi connectivity index (χ1) is 21.3. The van der Waals surface area contributed by atoms with Gasteiger partial charge in [0.2, 0.25) is 6.04 Å². The molecule has 1 aliphatic carbocycles. The molecular weight excluding hydrogens is 571 g/mol. The van der Waals surface area contributed by atoms with Gasteiger partial charge >= 0.3 is 6.03 Å². The lowest BCUT2D eigenvalue weighted by atomic mass is 9.73. The second-order valence-electron chi connectivity index (χ2n) is 10.5. The van der Waals surface area contributed by atoms with Gasteiger partial charge in [0.1, 0.15) is 11.2 Å². The minimum Gasteiger partial charge on any atom is -0.493 e. The summed E-state index contributed by atoms with van der Waals surface area (Å²) in [6.07, 6.45) is 12.1. The van der Waals surface area contributed by atoms with E-state index < -0.39 is 28.2 Å². The Hall–Kier alpha value is -5.04. The first-order valence-corrected chi connectivity index (χ1v) is 14.2. The predicted octanol–water partition coefficient (Wildman–Crippen LogP) is 4.70. The number of primary amides is 1. The predicted molar refractivity (Wildman–Crippen MR) is 163 cm³/mol. The molecular formula is C31H33FN6O6. The van der Waals surface area contributed by atoms with Crippen LogP contribution in [0.2, 0.25) is 0 Å². The maximum absolute atomic E-state index is 15.6. The number of benzene rings is 2. The molecule has 2 aliphatic rings. The highest BCUT2D eigenvalue weighted by Crippen LogP contribution is 2.39. The number of hydrazone groups is 1. The van der Waals surface area contributed by atoms with E-state index in [0.29, 0.717) is 34.8 Å². The maximum Gasteiger partial charge on any atom is 0.332 e. The van der Waals surface area contributed by atoms with Crippen molar-refractivity contribution in [1.82, 2.24) is 15.3 Å². The highest BCUT2D eigenvalue weighted by Gasteiger charge is 2.45. The number of urea groups is 1. The molecule has 2 amide bonds. The fourth-order valence-electron chi connectivity index (χ4n) is 5.49. The van der Waals surface area contributed by atoms with E-state index >= 15 is 4.39 Å². The van der Waals surface area contributed by atoms with Gasteiger partial charge in [-0.15, -0.1) is 0 Å². The molecule has 0 radical (unpaired) electrons. The van der Waals surface area contributed by atoms with Crippen LogP contribution in [0.4, 0.5) is 9.18 Å². The van der Waals surface area contributed by atoms with Gasteiger partial charge in [-0.1, -0.05) is 24.3 Å². The molecule has 1 aromatic heterocycles. The van der Waals surface area contributed by atoms with Gasteiger partial charge in [0.25, 0.3) is 0 Å². The number of hydrogen-bond acceptors (Lipinski definition) is 9. The van der Waals surface area contributed by atoms with Crippen molar-refractivity contribution in [3.05, 3.63) is 88.4 Å². The number of nitro groups is 1. The van der Waals surface area contributed by atoms with Crippen molar-refractivity contribution in [3.63, 3.8) is 0 Å². The van der Waals surface area contributed by atoms with Crippen LogP contribution in [0, 0.1) is 15.9 Å². The Bertz CT molecular complexity index is 1620. The van der Waals surface area contributed by atoms with E-state index in [4.69, 9.17) is 19.9 Å². The van der Waals surface area contributed by atoms with Crippen molar-refractivity contribution in [2.45, 2.75) is 30.7 Å². The number of halogens is 1. The zero-order valence-corrected chi connectivity index (χ0v) is 24.1. The summed E-state index contributed by atoms with van der Waals surface area (Å²) in [7, 11) is 1.54. The molecule has 13 heteroatoms. The number of hydrogen-bond donors (Lipinski definition) is 2. The Morgan fingerprint density at radius 2 is 2.02 bits per heavy atom. The van der Waals surface area contributed by atoms with Crippen LogP contribution in [0.15, 0.2) is 72.0 Å². The molecule has 2 atom stereocenters. The molecule has 1 fully saturated rings. The number of nitrogens with zero attached hydrogens (tertiary/aromatic N) is 4. The van der Waals surface area contributed by atoms with E-state index in [1.165, 1.54) is 43.2 Å². The van der Waals surface area contributed by atoms with E-state index in [1.54, 1.807) is 37.6 Å². The molecule has 3 aromatic rings. The number of amides is 2. The molecule has 230 valence electrons. The first kappa shape index (κ1) is 30.4. The second kappa shape index (κ2) is 13.5. The summed E-state index contributed by atoms with van der Waals surface area (Å²) < 4.78 is 33.2. The van der Waals surface area contributed by atoms with Crippen LogP contribution in [0.5, 0.6) is 23.0 Å². The molecule has 1 saturated heterocycles. The van der Waals surface area contributed by atoms with Crippen molar-refractivity contribution in [2.24, 2.45) is 10.8 Å². The zero-order chi connectivity index (χ0) is 31.1. The SMILES string of the molecule is COc1cc2c(Oc3ccc(C4(C=NNC(N)=O)C=CC=CC4[N+](=O)[O-])cc3F)ccnc2cc1OCCCN1CCCC1. The van der Waals surface area contributed by atoms with E-state index in [2.05, 4.69) is 15.0 Å².